The molecule has 4 heteroatoms. The van der Waals surface area contributed by atoms with Gasteiger partial charge in [0.2, 0.25) is 0 Å². The molecule has 230 valence electrons. The Balaban J connectivity index is 0. The zero-order valence-corrected chi connectivity index (χ0v) is 29.3. The average Bonchev–Trinajstić information content (AvgIpc) is 3.34. The minimum Gasteiger partial charge on any atom is -0.850 e. The molecular formula is C39H52O3Ti. The molecule has 4 aromatic carbocycles. The Morgan fingerprint density at radius 1 is 0.512 bits per heavy atom. The molecule has 4 aromatic rings. The second-order valence-corrected chi connectivity index (χ2v) is 12.7. The predicted octanol–water partition coefficient (Wildman–Crippen LogP) is 7.58. The van der Waals surface area contributed by atoms with Crippen molar-refractivity contribution in [3.8, 4) is 0 Å². The van der Waals surface area contributed by atoms with Crippen molar-refractivity contribution in [2.24, 2.45) is 0 Å². The van der Waals surface area contributed by atoms with Crippen LogP contribution in [0.25, 0.3) is 10.8 Å². The third-order valence-corrected chi connectivity index (χ3v) is 4.32. The van der Waals surface area contributed by atoms with Crippen molar-refractivity contribution in [1.82, 2.24) is 0 Å². The van der Waals surface area contributed by atoms with Gasteiger partial charge in [-0.15, -0.1) is 46.5 Å². The van der Waals surface area contributed by atoms with E-state index >= 15 is 0 Å². The van der Waals surface area contributed by atoms with Crippen molar-refractivity contribution in [2.75, 3.05) is 0 Å². The minimum atomic E-state index is -0.750. The van der Waals surface area contributed by atoms with E-state index in [4.69, 9.17) is 0 Å². The third kappa shape index (κ3) is 35.4. The van der Waals surface area contributed by atoms with Crippen molar-refractivity contribution >= 4 is 10.8 Å². The van der Waals surface area contributed by atoms with Crippen LogP contribution in [0.2, 0.25) is 0 Å². The van der Waals surface area contributed by atoms with Crippen LogP contribution >= 0.6 is 0 Å². The molecule has 0 amide bonds. The van der Waals surface area contributed by atoms with Crippen molar-refractivity contribution in [2.45, 2.75) is 92.0 Å². The molecule has 0 aliphatic heterocycles. The summed E-state index contributed by atoms with van der Waals surface area (Å²) in [4.78, 5) is 0. The Bertz CT molecular complexity index is 1110. The van der Waals surface area contributed by atoms with E-state index in [0.717, 1.165) is 12.8 Å². The van der Waals surface area contributed by atoms with E-state index in [2.05, 4.69) is 115 Å². The van der Waals surface area contributed by atoms with E-state index in [-0.39, 0.29) is 21.7 Å². The van der Waals surface area contributed by atoms with Crippen molar-refractivity contribution in [3.05, 3.63) is 139 Å². The Hall–Kier alpha value is -2.66. The molecule has 0 unspecified atom stereocenters. The molecule has 4 rings (SSSR count). The molecule has 0 bridgehead atoms. The molecule has 0 atom stereocenters. The van der Waals surface area contributed by atoms with Gasteiger partial charge in [0.15, 0.2) is 0 Å². The Kier molecular flexibility index (Phi) is 22.5. The van der Waals surface area contributed by atoms with E-state index < -0.39 is 16.8 Å². The summed E-state index contributed by atoms with van der Waals surface area (Å²) in [6.07, 6.45) is 10.6. The van der Waals surface area contributed by atoms with Crippen LogP contribution in [0, 0.1) is 0 Å². The molecule has 0 radical (unpaired) electrons. The summed E-state index contributed by atoms with van der Waals surface area (Å²) < 4.78 is 0. The SMILES string of the molecule is C(C=CCc1ccccc1)=CCc1ccccc1.CC(C)(C)[O-].CC(C)(C)[O-].CC(C)(C)[O-].[Ti+4].c1ccc2[cH-]ccc2c1. The first-order valence-electron chi connectivity index (χ1n) is 14.5. The van der Waals surface area contributed by atoms with E-state index in [0.29, 0.717) is 0 Å². The van der Waals surface area contributed by atoms with Gasteiger partial charge in [-0.1, -0.05) is 153 Å². The maximum atomic E-state index is 10.1. The van der Waals surface area contributed by atoms with E-state index in [1.807, 2.05) is 12.1 Å². The Labute approximate surface area is 277 Å². The van der Waals surface area contributed by atoms with Gasteiger partial charge in [0.25, 0.3) is 0 Å². The van der Waals surface area contributed by atoms with E-state index in [9.17, 15) is 15.3 Å². The van der Waals surface area contributed by atoms with E-state index in [1.54, 1.807) is 62.3 Å². The monoisotopic (exact) mass is 616 g/mol. The third-order valence-electron chi connectivity index (χ3n) is 4.32. The Morgan fingerprint density at radius 3 is 1.19 bits per heavy atom. The summed E-state index contributed by atoms with van der Waals surface area (Å²) in [5.74, 6) is 0. The molecule has 0 aliphatic carbocycles. The molecule has 0 aliphatic rings. The zero-order chi connectivity index (χ0) is 32.1. The van der Waals surface area contributed by atoms with Gasteiger partial charge in [0.1, 0.15) is 0 Å². The maximum Gasteiger partial charge on any atom is 4.00 e. The summed E-state index contributed by atoms with van der Waals surface area (Å²) in [5.41, 5.74) is 0.454. The molecule has 0 N–H and O–H groups in total. The van der Waals surface area contributed by atoms with Crippen LogP contribution in [-0.2, 0) is 34.6 Å². The average molecular weight is 617 g/mol. The molecule has 0 saturated heterocycles. The van der Waals surface area contributed by atoms with Crippen molar-refractivity contribution < 1.29 is 37.0 Å². The van der Waals surface area contributed by atoms with Gasteiger partial charge in [-0.05, 0) is 24.0 Å². The van der Waals surface area contributed by atoms with Gasteiger partial charge in [0, 0.05) is 0 Å². The molecule has 0 aromatic heterocycles. The van der Waals surface area contributed by atoms with E-state index in [1.165, 1.54) is 21.9 Å². The first kappa shape index (κ1) is 42.5. The van der Waals surface area contributed by atoms with Gasteiger partial charge in [0.05, 0.1) is 0 Å². The number of hydrogen-bond donors (Lipinski definition) is 0. The number of benzene rings is 3. The molecule has 0 saturated carbocycles. The standard InChI is InChI=1S/C18H18.C9H7.3C4H9O.Ti/c1(5-11-17-13-7-3-8-14-17)2-6-12-18-15-9-4-10-16-18;1-2-5-9-7-3-6-8(9)4-1;3*1-4(2,3)5;/h1-10,13-16H,11-12H2;1-7H;3*1-3H3;/q;4*-1;+4. The normalized spacial score (nSPS) is 11.1. The molecule has 0 fully saturated rings. The van der Waals surface area contributed by atoms with Gasteiger partial charge >= 0.3 is 21.7 Å². The van der Waals surface area contributed by atoms with Gasteiger partial charge in [-0.3, -0.25) is 0 Å². The molecule has 43 heavy (non-hydrogen) atoms. The fourth-order valence-electron chi connectivity index (χ4n) is 2.86. The first-order valence-corrected chi connectivity index (χ1v) is 14.5. The summed E-state index contributed by atoms with van der Waals surface area (Å²) in [6, 6.07) is 35.7. The van der Waals surface area contributed by atoms with Crippen LogP contribution < -0.4 is 15.3 Å². The summed E-state index contributed by atoms with van der Waals surface area (Å²) in [6.45, 7) is 14.7. The largest absolute Gasteiger partial charge is 4.00 e. The Morgan fingerprint density at radius 2 is 0.837 bits per heavy atom. The number of allylic oxidation sites excluding steroid dienone is 4. The van der Waals surface area contributed by atoms with Crippen LogP contribution in [0.15, 0.2) is 127 Å². The second-order valence-electron chi connectivity index (χ2n) is 12.7. The molecular weight excluding hydrogens is 564 g/mol. The van der Waals surface area contributed by atoms with Crippen LogP contribution in [0.3, 0.4) is 0 Å². The van der Waals surface area contributed by atoms with Gasteiger partial charge in [-0.2, -0.15) is 17.5 Å². The predicted molar refractivity (Wildman–Crippen MR) is 177 cm³/mol. The minimum absolute atomic E-state index is 0. The molecule has 0 spiro atoms. The maximum absolute atomic E-state index is 10.1. The van der Waals surface area contributed by atoms with Crippen molar-refractivity contribution in [1.29, 1.82) is 0 Å². The smallest absolute Gasteiger partial charge is 0.850 e. The van der Waals surface area contributed by atoms with Crippen LogP contribution in [-0.4, -0.2) is 16.8 Å². The zero-order valence-electron chi connectivity index (χ0n) is 27.8. The summed E-state index contributed by atoms with van der Waals surface area (Å²) in [5, 5.41) is 33.0. The topological polar surface area (TPSA) is 69.2 Å². The quantitative estimate of drug-likeness (QED) is 0.132. The number of fused-ring (bicyclic) bond motifs is 1. The van der Waals surface area contributed by atoms with Gasteiger partial charge < -0.3 is 15.3 Å². The van der Waals surface area contributed by atoms with Crippen LogP contribution in [0.1, 0.15) is 73.4 Å². The second kappa shape index (κ2) is 22.8. The summed E-state index contributed by atoms with van der Waals surface area (Å²) >= 11 is 0. The summed E-state index contributed by atoms with van der Waals surface area (Å²) in [7, 11) is 0. The fourth-order valence-corrected chi connectivity index (χ4v) is 2.86. The number of rotatable bonds is 5. The molecule has 3 nitrogen and oxygen atoms in total. The number of hydrogen-bond acceptors (Lipinski definition) is 3. The molecule has 0 heterocycles. The fraction of sp³-hybridized carbons (Fsp3) is 0.359. The van der Waals surface area contributed by atoms with Crippen LogP contribution in [0.5, 0.6) is 0 Å². The van der Waals surface area contributed by atoms with Crippen LogP contribution in [0.4, 0.5) is 0 Å². The first-order chi connectivity index (χ1) is 19.4. The van der Waals surface area contributed by atoms with Gasteiger partial charge in [-0.25, -0.2) is 0 Å². The van der Waals surface area contributed by atoms with Crippen molar-refractivity contribution in [3.63, 3.8) is 0 Å².